The van der Waals surface area contributed by atoms with Crippen LogP contribution in [-0.4, -0.2) is 0 Å². The second-order valence-electron chi connectivity index (χ2n) is 18.9. The molecule has 2 radical (unpaired) electrons. The van der Waals surface area contributed by atoms with Crippen molar-refractivity contribution in [3.8, 4) is 33.4 Å². The van der Waals surface area contributed by atoms with E-state index >= 15 is 0 Å². The summed E-state index contributed by atoms with van der Waals surface area (Å²) in [7, 11) is 0. The van der Waals surface area contributed by atoms with Crippen LogP contribution in [0.5, 0.6) is 0 Å². The number of hydrogen-bond acceptors (Lipinski definition) is 3. The van der Waals surface area contributed by atoms with Crippen molar-refractivity contribution in [2.24, 2.45) is 5.41 Å². The van der Waals surface area contributed by atoms with E-state index in [1.165, 1.54) is 141 Å². The smallest absolute Gasteiger partial charge is 0.0361 e. The van der Waals surface area contributed by atoms with E-state index in [9.17, 15) is 0 Å². The molecule has 0 atom stereocenters. The summed E-state index contributed by atoms with van der Waals surface area (Å²) in [5.41, 5.74) is 16.2. The van der Waals surface area contributed by atoms with Crippen LogP contribution >= 0.6 is 11.3 Å². The van der Waals surface area contributed by atoms with Crippen molar-refractivity contribution in [2.45, 2.75) is 72.1 Å². The Kier molecular flexibility index (Phi) is 22.0. The second kappa shape index (κ2) is 26.9. The first-order valence-electron chi connectivity index (χ1n) is 24.2. The number of hydrogen-bond donors (Lipinski definition) is 0. The third kappa shape index (κ3) is 13.5. The molecule has 0 amide bonds. The molecule has 1 heterocycles. The van der Waals surface area contributed by atoms with Crippen LogP contribution in [0.4, 0.5) is 0 Å². The number of thiophene rings is 1. The molecule has 1 saturated carbocycles. The van der Waals surface area contributed by atoms with Gasteiger partial charge in [0.15, 0.2) is 0 Å². The molecule has 0 unspecified atom stereocenters. The van der Waals surface area contributed by atoms with Crippen LogP contribution in [0.15, 0.2) is 219 Å². The summed E-state index contributed by atoms with van der Waals surface area (Å²) >= 11 is 1.89. The van der Waals surface area contributed by atoms with E-state index in [-0.39, 0.29) is 92.4 Å². The third-order valence-electron chi connectivity index (χ3n) is 13.8. The summed E-state index contributed by atoms with van der Waals surface area (Å²) in [6, 6.07) is 48.2. The molecular formula is C66H64S3Y2-2. The molecule has 3 aliphatic rings. The van der Waals surface area contributed by atoms with E-state index in [2.05, 4.69) is 198 Å². The Morgan fingerprint density at radius 2 is 1.15 bits per heavy atom. The van der Waals surface area contributed by atoms with Gasteiger partial charge in [0, 0.05) is 85.6 Å². The molecule has 0 spiro atoms. The molecule has 1 fully saturated rings. The fourth-order valence-corrected chi connectivity index (χ4v) is 11.4. The molecule has 3 aliphatic carbocycles. The standard InChI is InChI=1S/C52H38S.C8H16.C6H8.2H2S.2Y/c1-3-11-46(45(4-2)33-12-6-5-7-13-33)41-22-21-39-32-52-50(30-44(39)27-41)49-29-43-25-36(18-19-38(43)31-51(49)53-52)34-15-10-16-35(24-34)37-20-23-42-26-40-14-8-9-17-47(40)48(42)28-37;1-8(2)6-4-3-5-7-8;1-3-5-6-4-2;;;;/h3-4,6,8-25,27-32H,1,5,7,26H2,2H3;3-7H2,1-2H3;3-6H,1-2H2;2*1H2;;/p-2/b45-4-,46-11-;;6-5-;;;;. The van der Waals surface area contributed by atoms with Crippen molar-refractivity contribution >= 4 is 85.6 Å². The maximum Gasteiger partial charge on any atom is 0.0361 e. The minimum atomic E-state index is 0. The third-order valence-corrected chi connectivity index (χ3v) is 14.9. The summed E-state index contributed by atoms with van der Waals surface area (Å²) in [6.07, 6.45) is 30.8. The Balaban J connectivity index is 0.000000456. The van der Waals surface area contributed by atoms with Gasteiger partial charge >= 0.3 is 0 Å². The van der Waals surface area contributed by atoms with Crippen LogP contribution in [0, 0.1) is 5.41 Å². The monoisotopic (exact) mass is 1130 g/mol. The fraction of sp³-hybridized carbons (Fsp3) is 0.182. The van der Waals surface area contributed by atoms with Gasteiger partial charge in [-0.25, -0.2) is 0 Å². The van der Waals surface area contributed by atoms with Crippen LogP contribution in [-0.2, 0) is 98.8 Å². The summed E-state index contributed by atoms with van der Waals surface area (Å²) < 4.78 is 2.66. The van der Waals surface area contributed by atoms with E-state index in [4.69, 9.17) is 0 Å². The largest absolute Gasteiger partial charge is 0.813 e. The number of benzene rings is 7. The zero-order chi connectivity index (χ0) is 46.3. The molecule has 8 aromatic rings. The molecule has 1 aromatic heterocycles. The average molecular weight is 1130 g/mol. The molecular weight excluding hydrogens is 1070 g/mol. The van der Waals surface area contributed by atoms with Gasteiger partial charge in [0.1, 0.15) is 0 Å². The van der Waals surface area contributed by atoms with Crippen LogP contribution in [0.1, 0.15) is 82.4 Å². The van der Waals surface area contributed by atoms with Gasteiger partial charge in [-0.3, -0.25) is 0 Å². The van der Waals surface area contributed by atoms with E-state index in [0.717, 1.165) is 19.3 Å². The average Bonchev–Trinajstić information content (AvgIpc) is 3.91. The minimum absolute atomic E-state index is 0. The summed E-state index contributed by atoms with van der Waals surface area (Å²) in [5, 5.41) is 7.71. The Bertz CT molecular complexity index is 3330. The summed E-state index contributed by atoms with van der Waals surface area (Å²) in [6.45, 7) is 17.9. The van der Waals surface area contributed by atoms with Crippen molar-refractivity contribution in [1.82, 2.24) is 0 Å². The van der Waals surface area contributed by atoms with E-state index < -0.39 is 0 Å². The van der Waals surface area contributed by atoms with Gasteiger partial charge in [-0.1, -0.05) is 192 Å². The van der Waals surface area contributed by atoms with E-state index in [1.54, 1.807) is 12.2 Å². The molecule has 5 heteroatoms. The van der Waals surface area contributed by atoms with Gasteiger partial charge in [-0.2, -0.15) is 0 Å². The normalized spacial score (nSPS) is 14.5. The Labute approximate surface area is 492 Å². The topological polar surface area (TPSA) is 0 Å². The molecule has 0 N–H and O–H groups in total. The molecule has 0 nitrogen and oxygen atoms in total. The zero-order valence-corrected chi connectivity index (χ0v) is 49.9. The first-order valence-corrected chi connectivity index (χ1v) is 25.0. The summed E-state index contributed by atoms with van der Waals surface area (Å²) in [4.78, 5) is 0. The molecule has 11 rings (SSSR count). The Morgan fingerprint density at radius 1 is 0.549 bits per heavy atom. The van der Waals surface area contributed by atoms with Crippen LogP contribution < -0.4 is 0 Å². The van der Waals surface area contributed by atoms with Gasteiger partial charge in [-0.15, -0.1) is 11.3 Å². The zero-order valence-electron chi connectivity index (χ0n) is 41.6. The predicted octanol–water partition coefficient (Wildman–Crippen LogP) is 19.4. The number of allylic oxidation sites excluding steroid dienone is 13. The van der Waals surface area contributed by atoms with Crippen molar-refractivity contribution in [1.29, 1.82) is 0 Å². The molecule has 71 heavy (non-hydrogen) atoms. The fourth-order valence-electron chi connectivity index (χ4n) is 10.2. The second-order valence-corrected chi connectivity index (χ2v) is 20.0. The quantitative estimate of drug-likeness (QED) is 0.0845. The maximum absolute atomic E-state index is 4.06. The van der Waals surface area contributed by atoms with Crippen molar-refractivity contribution in [3.05, 3.63) is 236 Å². The summed E-state index contributed by atoms with van der Waals surface area (Å²) in [5.74, 6) is 0. The van der Waals surface area contributed by atoms with Gasteiger partial charge < -0.3 is 27.0 Å². The predicted molar refractivity (Wildman–Crippen MR) is 316 cm³/mol. The van der Waals surface area contributed by atoms with Gasteiger partial charge in [0.05, 0.1) is 0 Å². The Hall–Kier alpha value is -3.89. The SMILES string of the molecule is C=C/C=C(\C(=C/C)C1=CCCC=C1)c1ccc2cc3sc4cc5ccc(-c6cccc(-c7ccc8c(c7)-c7ccccc7C8)c6)cc5cc4c3cc2c1.C=C/C=C\C=C.CC1(C)CCCCC1.[SH-].[SH-].[Y].[Y]. The number of rotatable bonds is 8. The number of fused-ring (bicyclic) bond motifs is 8. The van der Waals surface area contributed by atoms with Crippen LogP contribution in [0.3, 0.4) is 0 Å². The van der Waals surface area contributed by atoms with E-state index in [1.807, 2.05) is 29.6 Å². The van der Waals surface area contributed by atoms with Crippen LogP contribution in [0.2, 0.25) is 0 Å². The minimum Gasteiger partial charge on any atom is -0.813 e. The van der Waals surface area contributed by atoms with E-state index in [0.29, 0.717) is 5.41 Å². The van der Waals surface area contributed by atoms with Crippen molar-refractivity contribution < 1.29 is 65.4 Å². The number of thiol groups is 2. The van der Waals surface area contributed by atoms with Crippen LogP contribution in [0.25, 0.3) is 80.7 Å². The van der Waals surface area contributed by atoms with Gasteiger partial charge in [-0.05, 0) is 181 Å². The molecule has 354 valence electrons. The Morgan fingerprint density at radius 3 is 1.76 bits per heavy atom. The molecule has 7 aromatic carbocycles. The van der Waals surface area contributed by atoms with Gasteiger partial charge in [0.2, 0.25) is 0 Å². The van der Waals surface area contributed by atoms with Crippen molar-refractivity contribution in [2.75, 3.05) is 0 Å². The molecule has 0 saturated heterocycles. The molecule has 0 bridgehead atoms. The van der Waals surface area contributed by atoms with Gasteiger partial charge in [0.25, 0.3) is 0 Å². The first-order chi connectivity index (χ1) is 32.7. The maximum atomic E-state index is 4.06. The van der Waals surface area contributed by atoms with Crippen molar-refractivity contribution in [3.63, 3.8) is 0 Å². The molecule has 0 aliphatic heterocycles. The first kappa shape index (κ1) is 58.0.